The fraction of sp³-hybridized carbons (Fsp3) is 0.733. The van der Waals surface area contributed by atoms with Crippen LogP contribution in [0.1, 0.15) is 27.2 Å². The molecule has 1 saturated heterocycles. The van der Waals surface area contributed by atoms with E-state index < -0.39 is 17.0 Å². The Balaban J connectivity index is 3.27. The smallest absolute Gasteiger partial charge is 0.408 e. The highest BCUT2D eigenvalue weighted by Crippen LogP contribution is 2.45. The highest BCUT2D eigenvalue weighted by atomic mass is 16.5. The van der Waals surface area contributed by atoms with Crippen LogP contribution in [-0.2, 0) is 9.53 Å². The first-order valence-corrected chi connectivity index (χ1v) is 7.02. The van der Waals surface area contributed by atoms with Crippen molar-refractivity contribution >= 4 is 12.0 Å². The molecule has 0 aromatic heterocycles. The number of hydrogen-bond donors (Lipinski definition) is 1. The molecule has 0 bridgehead atoms. The maximum absolute atomic E-state index is 12.8. The summed E-state index contributed by atoms with van der Waals surface area (Å²) in [6.07, 6.45) is 0.580. The molecule has 0 aromatic carbocycles. The maximum atomic E-state index is 12.8. The van der Waals surface area contributed by atoms with Crippen LogP contribution in [0, 0.1) is 5.41 Å². The Hall–Kier alpha value is -1.56. The van der Waals surface area contributed by atoms with Gasteiger partial charge in [0.2, 0.25) is 5.91 Å². The summed E-state index contributed by atoms with van der Waals surface area (Å²) in [6.45, 7) is 9.80. The van der Waals surface area contributed by atoms with E-state index >= 15 is 0 Å². The van der Waals surface area contributed by atoms with Gasteiger partial charge in [-0.05, 0) is 5.41 Å². The van der Waals surface area contributed by atoms with Crippen LogP contribution in [0.15, 0.2) is 12.7 Å². The molecule has 1 N–H and O–H groups in total. The van der Waals surface area contributed by atoms with Crippen LogP contribution in [0.3, 0.4) is 0 Å². The van der Waals surface area contributed by atoms with Gasteiger partial charge < -0.3 is 14.7 Å². The van der Waals surface area contributed by atoms with Crippen LogP contribution in [0.5, 0.6) is 0 Å². The summed E-state index contributed by atoms with van der Waals surface area (Å²) in [5.41, 5.74) is -1.66. The van der Waals surface area contributed by atoms with E-state index in [9.17, 15) is 14.7 Å². The Morgan fingerprint density at radius 3 is 2.43 bits per heavy atom. The van der Waals surface area contributed by atoms with Crippen molar-refractivity contribution in [2.45, 2.75) is 38.8 Å². The fourth-order valence-corrected chi connectivity index (χ4v) is 3.03. The predicted octanol–water partition coefficient (Wildman–Crippen LogP) is 1.81. The number of carbonyl (C=O) groups excluding carboxylic acids is 1. The molecule has 2 atom stereocenters. The summed E-state index contributed by atoms with van der Waals surface area (Å²) in [5.74, 6) is -0.206. The van der Waals surface area contributed by atoms with E-state index in [0.717, 1.165) is 0 Å². The Morgan fingerprint density at radius 1 is 1.48 bits per heavy atom. The zero-order chi connectivity index (χ0) is 16.4. The molecule has 0 saturated carbocycles. The van der Waals surface area contributed by atoms with Gasteiger partial charge in [-0.2, -0.15) is 0 Å². The molecule has 0 aliphatic carbocycles. The van der Waals surface area contributed by atoms with Crippen LogP contribution in [0.4, 0.5) is 4.79 Å². The largest absolute Gasteiger partial charge is 0.465 e. The summed E-state index contributed by atoms with van der Waals surface area (Å²) in [5, 5.41) is 9.57. The minimum absolute atomic E-state index is 0.194. The van der Waals surface area contributed by atoms with Crippen molar-refractivity contribution in [2.24, 2.45) is 5.41 Å². The van der Waals surface area contributed by atoms with Crippen molar-refractivity contribution in [3.8, 4) is 0 Å². The molecule has 21 heavy (non-hydrogen) atoms. The van der Waals surface area contributed by atoms with Gasteiger partial charge in [0.15, 0.2) is 0 Å². The topological polar surface area (TPSA) is 70.1 Å². The molecular formula is C15H26N2O4. The van der Waals surface area contributed by atoms with E-state index in [1.54, 1.807) is 20.2 Å². The van der Waals surface area contributed by atoms with E-state index in [-0.39, 0.29) is 18.6 Å². The van der Waals surface area contributed by atoms with Crippen LogP contribution in [-0.4, -0.2) is 65.8 Å². The number of hydrogen-bond acceptors (Lipinski definition) is 3. The van der Waals surface area contributed by atoms with E-state index in [1.165, 1.54) is 9.80 Å². The molecule has 1 rings (SSSR count). The van der Waals surface area contributed by atoms with Crippen LogP contribution >= 0.6 is 0 Å². The maximum Gasteiger partial charge on any atom is 0.408 e. The summed E-state index contributed by atoms with van der Waals surface area (Å²) in [4.78, 5) is 27.2. The van der Waals surface area contributed by atoms with E-state index in [1.807, 2.05) is 20.8 Å². The number of rotatable bonds is 4. The monoisotopic (exact) mass is 298 g/mol. The first-order chi connectivity index (χ1) is 9.57. The molecule has 0 unspecified atom stereocenters. The van der Waals surface area contributed by atoms with Gasteiger partial charge >= 0.3 is 6.09 Å². The number of carbonyl (C=O) groups is 2. The SMILES string of the molecule is C=CCO[C@H]1CN(C(=O)O)[C@](C(=O)N(C)C)(C(C)(C)C)C1. The zero-order valence-corrected chi connectivity index (χ0v) is 13.5. The minimum Gasteiger partial charge on any atom is -0.465 e. The molecule has 0 aromatic rings. The second-order valence-corrected chi connectivity index (χ2v) is 6.65. The average molecular weight is 298 g/mol. The molecule has 1 aliphatic heterocycles. The third-order valence-corrected chi connectivity index (χ3v) is 4.05. The van der Waals surface area contributed by atoms with Crippen molar-refractivity contribution in [1.29, 1.82) is 0 Å². The summed E-state index contributed by atoms with van der Waals surface area (Å²) >= 11 is 0. The first kappa shape index (κ1) is 17.5. The Morgan fingerprint density at radius 2 is 2.05 bits per heavy atom. The van der Waals surface area contributed by atoms with Crippen molar-refractivity contribution < 1.29 is 19.4 Å². The lowest BCUT2D eigenvalue weighted by molar-refractivity contribution is -0.146. The molecule has 120 valence electrons. The Labute approximate surface area is 126 Å². The average Bonchev–Trinajstić information content (AvgIpc) is 2.75. The third-order valence-electron chi connectivity index (χ3n) is 4.05. The number of carboxylic acid groups (broad SMARTS) is 1. The standard InChI is InChI=1S/C15H26N2O4/c1-7-8-21-11-9-15(14(2,3)4,12(18)16(5)6)17(10-11)13(19)20/h7,11H,1,8-10H2,2-6H3,(H,19,20)/t11-,15-/m1/s1. The van der Waals surface area contributed by atoms with Crippen LogP contribution in [0.25, 0.3) is 0 Å². The number of nitrogens with zero attached hydrogens (tertiary/aromatic N) is 2. The highest BCUT2D eigenvalue weighted by Gasteiger charge is 2.60. The Bertz CT molecular complexity index is 428. The fourth-order valence-electron chi connectivity index (χ4n) is 3.03. The van der Waals surface area contributed by atoms with Crippen LogP contribution in [0.2, 0.25) is 0 Å². The highest BCUT2D eigenvalue weighted by molar-refractivity contribution is 5.91. The van der Waals surface area contributed by atoms with E-state index in [2.05, 4.69) is 6.58 Å². The van der Waals surface area contributed by atoms with Gasteiger partial charge in [-0.3, -0.25) is 9.69 Å². The molecule has 1 heterocycles. The number of likely N-dealkylation sites (N-methyl/N-ethyl adjacent to an activating group) is 1. The molecule has 1 aliphatic rings. The molecule has 6 heteroatoms. The van der Waals surface area contributed by atoms with E-state index in [0.29, 0.717) is 13.0 Å². The molecule has 2 amide bonds. The molecular weight excluding hydrogens is 272 g/mol. The molecule has 1 fully saturated rings. The van der Waals surface area contributed by atoms with Gasteiger partial charge in [0.05, 0.1) is 19.3 Å². The minimum atomic E-state index is -1.12. The number of likely N-dealkylation sites (tertiary alicyclic amines) is 1. The predicted molar refractivity (Wildman–Crippen MR) is 80.2 cm³/mol. The molecule has 0 spiro atoms. The van der Waals surface area contributed by atoms with E-state index in [4.69, 9.17) is 4.74 Å². The van der Waals surface area contributed by atoms with Gasteiger partial charge in [-0.25, -0.2) is 4.79 Å². The third kappa shape index (κ3) is 3.05. The van der Waals surface area contributed by atoms with Gasteiger partial charge in [-0.15, -0.1) is 6.58 Å². The normalized spacial score (nSPS) is 25.8. The van der Waals surface area contributed by atoms with Gasteiger partial charge in [0.1, 0.15) is 5.54 Å². The second kappa shape index (κ2) is 6.05. The van der Waals surface area contributed by atoms with Crippen molar-refractivity contribution in [2.75, 3.05) is 27.2 Å². The lowest BCUT2D eigenvalue weighted by atomic mass is 9.70. The van der Waals surface area contributed by atoms with Crippen molar-refractivity contribution in [1.82, 2.24) is 9.80 Å². The second-order valence-electron chi connectivity index (χ2n) is 6.65. The summed E-state index contributed by atoms with van der Waals surface area (Å²) in [6, 6.07) is 0. The van der Waals surface area contributed by atoms with Gasteiger partial charge in [0, 0.05) is 20.5 Å². The van der Waals surface area contributed by atoms with Gasteiger partial charge in [-0.1, -0.05) is 26.8 Å². The first-order valence-electron chi connectivity index (χ1n) is 7.02. The lowest BCUT2D eigenvalue weighted by Gasteiger charge is -2.46. The number of ether oxygens (including phenoxy) is 1. The number of amides is 2. The lowest BCUT2D eigenvalue weighted by Crippen LogP contribution is -2.63. The summed E-state index contributed by atoms with van der Waals surface area (Å²) < 4.78 is 5.62. The molecule has 0 radical (unpaired) electrons. The van der Waals surface area contributed by atoms with Crippen molar-refractivity contribution in [3.63, 3.8) is 0 Å². The van der Waals surface area contributed by atoms with Crippen LogP contribution < -0.4 is 0 Å². The molecule has 6 nitrogen and oxygen atoms in total. The van der Waals surface area contributed by atoms with Gasteiger partial charge in [0.25, 0.3) is 0 Å². The Kier molecular flexibility index (Phi) is 5.04. The summed E-state index contributed by atoms with van der Waals surface area (Å²) in [7, 11) is 3.29. The quantitative estimate of drug-likeness (QED) is 0.804. The zero-order valence-electron chi connectivity index (χ0n) is 13.5. The van der Waals surface area contributed by atoms with Crippen molar-refractivity contribution in [3.05, 3.63) is 12.7 Å².